The number of aromatic nitrogens is 1. The van der Waals surface area contributed by atoms with E-state index in [0.29, 0.717) is 6.42 Å². The van der Waals surface area contributed by atoms with Crippen molar-refractivity contribution in [3.05, 3.63) is 64.9 Å². The number of carbonyl (C=O) groups is 2. The minimum atomic E-state index is -0.618. The Hall–Kier alpha value is -2.60. The van der Waals surface area contributed by atoms with E-state index >= 15 is 0 Å². The largest absolute Gasteiger partial charge is 0.457 e. The average Bonchev–Trinajstić information content (AvgIpc) is 3.01. The lowest BCUT2D eigenvalue weighted by molar-refractivity contribution is -0.142. The summed E-state index contributed by atoms with van der Waals surface area (Å²) in [5.74, 6) is -1.67. The summed E-state index contributed by atoms with van der Waals surface area (Å²) in [7, 11) is 0. The zero-order chi connectivity index (χ0) is 16.9. The van der Waals surface area contributed by atoms with Crippen molar-refractivity contribution < 1.29 is 18.7 Å². The van der Waals surface area contributed by atoms with E-state index in [1.165, 1.54) is 29.5 Å². The molecule has 122 valence electrons. The van der Waals surface area contributed by atoms with E-state index in [4.69, 9.17) is 4.74 Å². The van der Waals surface area contributed by atoms with Gasteiger partial charge in [-0.3, -0.25) is 9.59 Å². The topological polar surface area (TPSA) is 56.3 Å². The maximum absolute atomic E-state index is 13.5. The number of Topliss-reactive ketones (excluding diaryl/α,β-unsaturated/α-hetero) is 1. The number of ether oxygens (including phenoxy) is 1. The van der Waals surface area contributed by atoms with Crippen molar-refractivity contribution in [1.82, 2.24) is 4.98 Å². The zero-order valence-corrected chi connectivity index (χ0v) is 13.5. The number of rotatable bonds is 6. The first-order valence-electron chi connectivity index (χ1n) is 7.41. The SMILES string of the molecule is O=C(CCc1nc2ccccc2s1)OCC(=O)c1ccccc1F. The lowest BCUT2D eigenvalue weighted by Gasteiger charge is -2.04. The van der Waals surface area contributed by atoms with Gasteiger partial charge in [-0.15, -0.1) is 11.3 Å². The van der Waals surface area contributed by atoms with Crippen LogP contribution in [0.5, 0.6) is 0 Å². The van der Waals surface area contributed by atoms with Gasteiger partial charge in [-0.2, -0.15) is 0 Å². The Labute approximate surface area is 141 Å². The summed E-state index contributed by atoms with van der Waals surface area (Å²) in [5, 5.41) is 0.841. The highest BCUT2D eigenvalue weighted by Crippen LogP contribution is 2.22. The van der Waals surface area contributed by atoms with Crippen molar-refractivity contribution in [1.29, 1.82) is 0 Å². The van der Waals surface area contributed by atoms with Crippen molar-refractivity contribution in [2.24, 2.45) is 0 Å². The number of hydrogen-bond acceptors (Lipinski definition) is 5. The number of benzene rings is 2. The molecule has 0 atom stereocenters. The highest BCUT2D eigenvalue weighted by molar-refractivity contribution is 7.18. The van der Waals surface area contributed by atoms with Crippen molar-refractivity contribution in [3.63, 3.8) is 0 Å². The normalized spacial score (nSPS) is 10.7. The molecule has 3 aromatic rings. The standard InChI is InChI=1S/C18H14FNO3S/c19-13-6-2-1-5-12(13)15(21)11-23-18(22)10-9-17-20-14-7-3-4-8-16(14)24-17/h1-8H,9-11H2. The molecule has 0 radical (unpaired) electrons. The molecule has 0 bridgehead atoms. The van der Waals surface area contributed by atoms with Gasteiger partial charge in [-0.05, 0) is 24.3 Å². The summed E-state index contributed by atoms with van der Waals surface area (Å²) in [5.41, 5.74) is 0.831. The molecule has 0 fully saturated rings. The summed E-state index contributed by atoms with van der Waals surface area (Å²) in [6, 6.07) is 13.4. The molecule has 0 saturated carbocycles. The van der Waals surface area contributed by atoms with Crippen molar-refractivity contribution in [2.75, 3.05) is 6.61 Å². The van der Waals surface area contributed by atoms with Crippen LogP contribution in [-0.4, -0.2) is 23.3 Å². The van der Waals surface area contributed by atoms with Gasteiger partial charge in [-0.25, -0.2) is 9.37 Å². The minimum absolute atomic E-state index is 0.0727. The lowest BCUT2D eigenvalue weighted by Crippen LogP contribution is -2.15. The molecule has 0 aliphatic heterocycles. The molecule has 2 aromatic carbocycles. The van der Waals surface area contributed by atoms with Crippen molar-refractivity contribution >= 4 is 33.3 Å². The molecule has 0 spiro atoms. The molecule has 0 unspecified atom stereocenters. The fourth-order valence-corrected chi connectivity index (χ4v) is 3.19. The monoisotopic (exact) mass is 343 g/mol. The highest BCUT2D eigenvalue weighted by Gasteiger charge is 2.14. The van der Waals surface area contributed by atoms with Crippen LogP contribution in [0.1, 0.15) is 21.8 Å². The van der Waals surface area contributed by atoms with E-state index in [0.717, 1.165) is 15.2 Å². The van der Waals surface area contributed by atoms with E-state index < -0.39 is 24.2 Å². The number of thiazole rings is 1. The molecule has 6 heteroatoms. The maximum atomic E-state index is 13.5. The second kappa shape index (κ2) is 7.31. The molecule has 0 N–H and O–H groups in total. The maximum Gasteiger partial charge on any atom is 0.306 e. The second-order valence-corrected chi connectivity index (χ2v) is 6.25. The number of halogens is 1. The Morgan fingerprint density at radius 3 is 2.62 bits per heavy atom. The lowest BCUT2D eigenvalue weighted by atomic mass is 10.1. The van der Waals surface area contributed by atoms with E-state index in [-0.39, 0.29) is 12.0 Å². The van der Waals surface area contributed by atoms with E-state index in [1.807, 2.05) is 24.3 Å². The Kier molecular flexibility index (Phi) is 4.96. The third-order valence-electron chi connectivity index (χ3n) is 3.42. The molecule has 4 nitrogen and oxygen atoms in total. The van der Waals surface area contributed by atoms with Gasteiger partial charge in [0.1, 0.15) is 5.82 Å². The molecule has 1 heterocycles. The minimum Gasteiger partial charge on any atom is -0.457 e. The number of esters is 1. The summed E-state index contributed by atoms with van der Waals surface area (Å²) in [6.45, 7) is -0.459. The quantitative estimate of drug-likeness (QED) is 0.505. The van der Waals surface area contributed by atoms with Crippen LogP contribution in [0, 0.1) is 5.82 Å². The molecule has 0 aliphatic carbocycles. The van der Waals surface area contributed by atoms with Crippen LogP contribution >= 0.6 is 11.3 Å². The molecule has 3 rings (SSSR count). The van der Waals surface area contributed by atoms with E-state index in [9.17, 15) is 14.0 Å². The average molecular weight is 343 g/mol. The summed E-state index contributed by atoms with van der Waals surface area (Å²) < 4.78 is 19.5. The van der Waals surface area contributed by atoms with Crippen LogP contribution in [0.3, 0.4) is 0 Å². The fourth-order valence-electron chi connectivity index (χ4n) is 2.22. The molecule has 0 aliphatic rings. The Balaban J connectivity index is 1.51. The summed E-state index contributed by atoms with van der Waals surface area (Å²) in [6.07, 6.45) is 0.580. The fraction of sp³-hybridized carbons (Fsp3) is 0.167. The number of aryl methyl sites for hydroxylation is 1. The van der Waals surface area contributed by atoms with Crippen LogP contribution in [-0.2, 0) is 16.0 Å². The van der Waals surface area contributed by atoms with Gasteiger partial charge in [0.2, 0.25) is 5.78 Å². The van der Waals surface area contributed by atoms with Crippen LogP contribution in [0.4, 0.5) is 4.39 Å². The third-order valence-corrected chi connectivity index (χ3v) is 4.52. The number of ketones is 1. The van der Waals surface area contributed by atoms with E-state index in [2.05, 4.69) is 4.98 Å². The Morgan fingerprint density at radius 1 is 1.08 bits per heavy atom. The number of fused-ring (bicyclic) bond motifs is 1. The summed E-state index contributed by atoms with van der Waals surface area (Å²) >= 11 is 1.53. The molecular weight excluding hydrogens is 329 g/mol. The van der Waals surface area contributed by atoms with Gasteiger partial charge in [0.05, 0.1) is 27.2 Å². The Morgan fingerprint density at radius 2 is 1.83 bits per heavy atom. The summed E-state index contributed by atoms with van der Waals surface area (Å²) in [4.78, 5) is 28.0. The molecule has 0 saturated heterocycles. The smallest absolute Gasteiger partial charge is 0.306 e. The predicted molar refractivity (Wildman–Crippen MR) is 89.6 cm³/mol. The highest BCUT2D eigenvalue weighted by atomic mass is 32.1. The van der Waals surface area contributed by atoms with E-state index in [1.54, 1.807) is 6.07 Å². The number of carbonyl (C=O) groups excluding carboxylic acids is 2. The van der Waals surface area contributed by atoms with Crippen LogP contribution in [0.15, 0.2) is 48.5 Å². The molecule has 1 aromatic heterocycles. The first-order valence-corrected chi connectivity index (χ1v) is 8.23. The van der Waals surface area contributed by atoms with Gasteiger partial charge in [0.15, 0.2) is 6.61 Å². The van der Waals surface area contributed by atoms with Gasteiger partial charge in [0, 0.05) is 6.42 Å². The van der Waals surface area contributed by atoms with Gasteiger partial charge < -0.3 is 4.74 Å². The number of para-hydroxylation sites is 1. The van der Waals surface area contributed by atoms with Crippen molar-refractivity contribution in [3.8, 4) is 0 Å². The third kappa shape index (κ3) is 3.83. The molecule has 24 heavy (non-hydrogen) atoms. The number of hydrogen-bond donors (Lipinski definition) is 0. The first kappa shape index (κ1) is 16.3. The van der Waals surface area contributed by atoms with Crippen LogP contribution in [0.25, 0.3) is 10.2 Å². The second-order valence-electron chi connectivity index (χ2n) is 5.14. The van der Waals surface area contributed by atoms with Gasteiger partial charge in [0.25, 0.3) is 0 Å². The van der Waals surface area contributed by atoms with Crippen LogP contribution in [0.2, 0.25) is 0 Å². The Bertz CT molecular complexity index is 858. The zero-order valence-electron chi connectivity index (χ0n) is 12.7. The molecular formula is C18H14FNO3S. The predicted octanol–water partition coefficient (Wildman–Crippen LogP) is 3.79. The van der Waals surface area contributed by atoms with Gasteiger partial charge in [-0.1, -0.05) is 24.3 Å². The van der Waals surface area contributed by atoms with Crippen LogP contribution < -0.4 is 0 Å². The van der Waals surface area contributed by atoms with Gasteiger partial charge >= 0.3 is 5.97 Å². The first-order chi connectivity index (χ1) is 11.6. The number of nitrogens with zero attached hydrogens (tertiary/aromatic N) is 1. The molecule has 0 amide bonds. The van der Waals surface area contributed by atoms with Crippen molar-refractivity contribution in [2.45, 2.75) is 12.8 Å².